The van der Waals surface area contributed by atoms with E-state index in [0.717, 1.165) is 6.07 Å². The van der Waals surface area contributed by atoms with Gasteiger partial charge >= 0.3 is 0 Å². The summed E-state index contributed by atoms with van der Waals surface area (Å²) in [5.74, 6) is -0.455. The molecule has 0 saturated heterocycles. The normalized spacial score (nSPS) is 10.6. The van der Waals surface area contributed by atoms with Crippen LogP contribution in [0.3, 0.4) is 0 Å². The summed E-state index contributed by atoms with van der Waals surface area (Å²) in [5.41, 5.74) is 5.06. The Labute approximate surface area is 84.7 Å². The van der Waals surface area contributed by atoms with E-state index in [1.54, 1.807) is 0 Å². The molecule has 0 aliphatic rings. The smallest absolute Gasteiger partial charge is 0.264 e. The second-order valence-electron chi connectivity index (χ2n) is 2.82. The maximum atomic E-state index is 12.4. The van der Waals surface area contributed by atoms with Gasteiger partial charge in [-0.15, -0.1) is 0 Å². The first-order valence-corrected chi connectivity index (χ1v) is 4.19. The van der Waals surface area contributed by atoms with E-state index in [2.05, 4.69) is 0 Å². The average Bonchev–Trinajstić information content (AvgIpc) is 2.08. The fourth-order valence-corrected chi connectivity index (χ4v) is 1.26. The molecule has 1 aromatic carbocycles. The van der Waals surface area contributed by atoms with Crippen LogP contribution in [0, 0.1) is 0 Å². The number of benzene rings is 1. The minimum absolute atomic E-state index is 0.0327. The Kier molecular flexibility index (Phi) is 3.06. The topological polar surface area (TPSA) is 43.1 Å². The van der Waals surface area contributed by atoms with Crippen molar-refractivity contribution in [1.82, 2.24) is 0 Å². The van der Waals surface area contributed by atoms with Gasteiger partial charge in [0.05, 0.1) is 10.7 Å². The number of nitrogen functional groups attached to an aromatic ring is 1. The zero-order valence-corrected chi connectivity index (χ0v) is 8.11. The summed E-state index contributed by atoms with van der Waals surface area (Å²) < 4.78 is 24.9. The fraction of sp³-hybridized carbons (Fsp3) is 0.222. The second kappa shape index (κ2) is 3.92. The first kappa shape index (κ1) is 10.9. The van der Waals surface area contributed by atoms with Crippen LogP contribution in [-0.4, -0.2) is 5.78 Å². The van der Waals surface area contributed by atoms with Crippen LogP contribution in [0.2, 0.25) is 5.02 Å². The summed E-state index contributed by atoms with van der Waals surface area (Å²) in [7, 11) is 0. The van der Waals surface area contributed by atoms with Gasteiger partial charge in [-0.2, -0.15) is 0 Å². The molecular formula is C9H8ClF2NO. The molecule has 0 radical (unpaired) electrons. The van der Waals surface area contributed by atoms with Gasteiger partial charge in [0.1, 0.15) is 0 Å². The van der Waals surface area contributed by atoms with Crippen molar-refractivity contribution in [3.05, 3.63) is 28.3 Å². The SMILES string of the molecule is CC(=O)c1cc(N)c(Cl)cc1C(F)F. The predicted molar refractivity (Wildman–Crippen MR) is 50.8 cm³/mol. The fourth-order valence-electron chi connectivity index (χ4n) is 1.09. The monoisotopic (exact) mass is 219 g/mol. The molecule has 1 rings (SSSR count). The molecule has 0 saturated carbocycles. The molecule has 1 aromatic rings. The summed E-state index contributed by atoms with van der Waals surface area (Å²) in [6.45, 7) is 1.20. The number of alkyl halides is 2. The predicted octanol–water partition coefficient (Wildman–Crippen LogP) is 3.06. The van der Waals surface area contributed by atoms with Crippen molar-refractivity contribution in [2.75, 3.05) is 5.73 Å². The Morgan fingerprint density at radius 2 is 2.07 bits per heavy atom. The van der Waals surface area contributed by atoms with Crippen LogP contribution >= 0.6 is 11.6 Å². The first-order chi connectivity index (χ1) is 6.43. The highest BCUT2D eigenvalue weighted by Gasteiger charge is 2.17. The van der Waals surface area contributed by atoms with Crippen molar-refractivity contribution in [2.24, 2.45) is 0 Å². The standard InChI is InChI=1S/C9H8ClF2NO/c1-4(14)5-3-8(13)7(10)2-6(5)9(11)12/h2-3,9H,13H2,1H3. The number of Topliss-reactive ketones (excluding diaryl/α,β-unsaturated/α-hetero) is 1. The van der Waals surface area contributed by atoms with E-state index < -0.39 is 12.2 Å². The number of hydrogen-bond acceptors (Lipinski definition) is 2. The van der Waals surface area contributed by atoms with E-state index >= 15 is 0 Å². The van der Waals surface area contributed by atoms with E-state index in [1.807, 2.05) is 0 Å². The highest BCUT2D eigenvalue weighted by Crippen LogP contribution is 2.30. The highest BCUT2D eigenvalue weighted by atomic mass is 35.5. The lowest BCUT2D eigenvalue weighted by Gasteiger charge is -2.08. The Morgan fingerprint density at radius 1 is 1.50 bits per heavy atom. The van der Waals surface area contributed by atoms with E-state index in [-0.39, 0.29) is 21.8 Å². The lowest BCUT2D eigenvalue weighted by molar-refractivity contribution is 0.0999. The minimum atomic E-state index is -2.73. The number of carbonyl (C=O) groups is 1. The maximum absolute atomic E-state index is 12.4. The summed E-state index contributed by atoms with van der Waals surface area (Å²) in [5, 5.41) is 0.0327. The molecule has 0 spiro atoms. The molecule has 2 N–H and O–H groups in total. The lowest BCUT2D eigenvalue weighted by Crippen LogP contribution is -2.02. The molecule has 0 fully saturated rings. The molecule has 0 atom stereocenters. The lowest BCUT2D eigenvalue weighted by atomic mass is 10.0. The van der Waals surface area contributed by atoms with Crippen molar-refractivity contribution in [1.29, 1.82) is 0 Å². The first-order valence-electron chi connectivity index (χ1n) is 3.81. The molecule has 5 heteroatoms. The molecule has 0 bridgehead atoms. The summed E-state index contributed by atoms with van der Waals surface area (Å²) in [6.07, 6.45) is -2.73. The second-order valence-corrected chi connectivity index (χ2v) is 3.23. The van der Waals surface area contributed by atoms with E-state index in [1.165, 1.54) is 13.0 Å². The zero-order valence-electron chi connectivity index (χ0n) is 7.35. The molecular weight excluding hydrogens is 212 g/mol. The molecule has 0 aromatic heterocycles. The number of carbonyl (C=O) groups excluding carboxylic acids is 1. The van der Waals surface area contributed by atoms with Crippen LogP contribution in [-0.2, 0) is 0 Å². The number of anilines is 1. The van der Waals surface area contributed by atoms with Crippen LogP contribution in [0.4, 0.5) is 14.5 Å². The molecule has 0 aliphatic heterocycles. The minimum Gasteiger partial charge on any atom is -0.398 e. The highest BCUT2D eigenvalue weighted by molar-refractivity contribution is 6.33. The Morgan fingerprint density at radius 3 is 2.50 bits per heavy atom. The van der Waals surface area contributed by atoms with Gasteiger partial charge in [-0.05, 0) is 19.1 Å². The molecule has 0 amide bonds. The third-order valence-corrected chi connectivity index (χ3v) is 2.11. The van der Waals surface area contributed by atoms with E-state index in [4.69, 9.17) is 17.3 Å². The number of nitrogens with two attached hydrogens (primary N) is 1. The average molecular weight is 220 g/mol. The Hall–Kier alpha value is -1.16. The van der Waals surface area contributed by atoms with Gasteiger partial charge in [0.2, 0.25) is 0 Å². The van der Waals surface area contributed by atoms with E-state index in [0.29, 0.717) is 0 Å². The van der Waals surface area contributed by atoms with Crippen molar-refractivity contribution in [3.8, 4) is 0 Å². The van der Waals surface area contributed by atoms with Gasteiger partial charge in [-0.25, -0.2) is 8.78 Å². The molecule has 0 aliphatic carbocycles. The Bertz CT molecular complexity index is 379. The van der Waals surface area contributed by atoms with Crippen molar-refractivity contribution in [3.63, 3.8) is 0 Å². The third kappa shape index (κ3) is 2.01. The van der Waals surface area contributed by atoms with Crippen LogP contribution in [0.5, 0.6) is 0 Å². The van der Waals surface area contributed by atoms with Gasteiger partial charge < -0.3 is 5.73 Å². The van der Waals surface area contributed by atoms with Gasteiger partial charge in [0, 0.05) is 11.1 Å². The molecule has 14 heavy (non-hydrogen) atoms. The summed E-state index contributed by atoms with van der Waals surface area (Å²) >= 11 is 5.56. The molecule has 76 valence electrons. The van der Waals surface area contributed by atoms with Crippen LogP contribution in [0.15, 0.2) is 12.1 Å². The van der Waals surface area contributed by atoms with Gasteiger partial charge in [0.25, 0.3) is 6.43 Å². The summed E-state index contributed by atoms with van der Waals surface area (Å²) in [6, 6.07) is 2.20. The van der Waals surface area contributed by atoms with Crippen LogP contribution in [0.25, 0.3) is 0 Å². The maximum Gasteiger partial charge on any atom is 0.264 e. The summed E-state index contributed by atoms with van der Waals surface area (Å²) in [4.78, 5) is 11.0. The van der Waals surface area contributed by atoms with Crippen molar-refractivity contribution >= 4 is 23.1 Å². The molecule has 0 heterocycles. The van der Waals surface area contributed by atoms with Crippen molar-refractivity contribution in [2.45, 2.75) is 13.3 Å². The van der Waals surface area contributed by atoms with Crippen LogP contribution in [0.1, 0.15) is 29.3 Å². The zero-order chi connectivity index (χ0) is 10.9. The number of hydrogen-bond donors (Lipinski definition) is 1. The number of ketones is 1. The van der Waals surface area contributed by atoms with Gasteiger partial charge in [-0.1, -0.05) is 11.6 Å². The van der Waals surface area contributed by atoms with Crippen LogP contribution < -0.4 is 5.73 Å². The van der Waals surface area contributed by atoms with Gasteiger partial charge in [0.15, 0.2) is 5.78 Å². The largest absolute Gasteiger partial charge is 0.398 e. The molecule has 2 nitrogen and oxygen atoms in total. The van der Waals surface area contributed by atoms with E-state index in [9.17, 15) is 13.6 Å². The quantitative estimate of drug-likeness (QED) is 0.614. The van der Waals surface area contributed by atoms with Gasteiger partial charge in [-0.3, -0.25) is 4.79 Å². The third-order valence-electron chi connectivity index (χ3n) is 1.78. The number of halogens is 3. The Balaban J connectivity index is 3.39. The molecule has 0 unspecified atom stereocenters. The van der Waals surface area contributed by atoms with Crippen molar-refractivity contribution < 1.29 is 13.6 Å². The number of rotatable bonds is 2.